The molecular weight excluding hydrogens is 238 g/mol. The zero-order valence-corrected chi connectivity index (χ0v) is 10.5. The Morgan fingerprint density at radius 3 is 2.76 bits per heavy atom. The highest BCUT2D eigenvalue weighted by molar-refractivity contribution is 6.31. The summed E-state index contributed by atoms with van der Waals surface area (Å²) in [5.74, 6) is 0.803. The summed E-state index contributed by atoms with van der Waals surface area (Å²) in [6.45, 7) is 2.51. The number of nitrogens with two attached hydrogens (primary N) is 1. The van der Waals surface area contributed by atoms with Gasteiger partial charge in [0, 0.05) is 18.1 Å². The van der Waals surface area contributed by atoms with Gasteiger partial charge in [-0.15, -0.1) is 0 Å². The van der Waals surface area contributed by atoms with Crippen molar-refractivity contribution in [3.05, 3.63) is 40.7 Å². The van der Waals surface area contributed by atoms with Crippen LogP contribution in [0.5, 0.6) is 0 Å². The molecule has 4 nitrogen and oxygen atoms in total. The van der Waals surface area contributed by atoms with Crippen LogP contribution in [0.3, 0.4) is 0 Å². The van der Waals surface area contributed by atoms with Gasteiger partial charge >= 0.3 is 0 Å². The lowest BCUT2D eigenvalue weighted by atomic mass is 10.2. The number of aryl methyl sites for hydroxylation is 1. The first kappa shape index (κ1) is 11.8. The summed E-state index contributed by atoms with van der Waals surface area (Å²) >= 11 is 5.86. The summed E-state index contributed by atoms with van der Waals surface area (Å²) in [5, 5.41) is 4.58. The van der Waals surface area contributed by atoms with Crippen LogP contribution in [0.25, 0.3) is 0 Å². The maximum Gasteiger partial charge on any atom is 0.133 e. The molecule has 0 radical (unpaired) electrons. The number of nitrogens with zero attached hydrogens (tertiary/aromatic N) is 2. The second kappa shape index (κ2) is 4.67. The van der Waals surface area contributed by atoms with Gasteiger partial charge in [-0.2, -0.15) is 0 Å². The van der Waals surface area contributed by atoms with E-state index in [1.54, 1.807) is 6.07 Å². The topological polar surface area (TPSA) is 55.3 Å². The van der Waals surface area contributed by atoms with Crippen molar-refractivity contribution in [1.82, 2.24) is 5.16 Å². The Labute approximate surface area is 105 Å². The van der Waals surface area contributed by atoms with Crippen molar-refractivity contribution in [3.8, 4) is 0 Å². The standard InChI is InChI=1S/C12H14ClN3O/c1-8-5-10(15-17-8)7-16(2)12-4-3-9(13)6-11(12)14/h3-6H,7,14H2,1-2H3. The number of rotatable bonds is 3. The fourth-order valence-corrected chi connectivity index (χ4v) is 1.87. The lowest BCUT2D eigenvalue weighted by molar-refractivity contribution is 0.390. The van der Waals surface area contributed by atoms with Crippen molar-refractivity contribution >= 4 is 23.0 Å². The molecule has 1 aromatic carbocycles. The third-order valence-corrected chi connectivity index (χ3v) is 2.71. The van der Waals surface area contributed by atoms with E-state index in [0.29, 0.717) is 17.3 Å². The summed E-state index contributed by atoms with van der Waals surface area (Å²) < 4.78 is 5.02. The van der Waals surface area contributed by atoms with Crippen molar-refractivity contribution in [3.63, 3.8) is 0 Å². The zero-order chi connectivity index (χ0) is 12.4. The number of hydrogen-bond acceptors (Lipinski definition) is 4. The molecule has 5 heteroatoms. The number of aromatic nitrogens is 1. The van der Waals surface area contributed by atoms with Crippen LogP contribution in [0, 0.1) is 6.92 Å². The van der Waals surface area contributed by atoms with E-state index >= 15 is 0 Å². The van der Waals surface area contributed by atoms with Crippen molar-refractivity contribution in [1.29, 1.82) is 0 Å². The molecule has 90 valence electrons. The molecule has 0 spiro atoms. The molecule has 0 fully saturated rings. The van der Waals surface area contributed by atoms with E-state index in [2.05, 4.69) is 5.16 Å². The van der Waals surface area contributed by atoms with E-state index < -0.39 is 0 Å². The zero-order valence-electron chi connectivity index (χ0n) is 9.77. The van der Waals surface area contributed by atoms with Crippen molar-refractivity contribution in [2.45, 2.75) is 13.5 Å². The Kier molecular flexibility index (Phi) is 3.24. The molecule has 0 saturated heterocycles. The van der Waals surface area contributed by atoms with E-state index in [9.17, 15) is 0 Å². The van der Waals surface area contributed by atoms with Crippen molar-refractivity contribution < 1.29 is 4.52 Å². The Hall–Kier alpha value is -1.68. The molecule has 2 aromatic rings. The van der Waals surface area contributed by atoms with Crippen LogP contribution in [0.2, 0.25) is 5.02 Å². The molecule has 0 aliphatic heterocycles. The lowest BCUT2D eigenvalue weighted by Gasteiger charge is -2.19. The summed E-state index contributed by atoms with van der Waals surface area (Å²) in [4.78, 5) is 2.00. The van der Waals surface area contributed by atoms with Crippen LogP contribution in [-0.2, 0) is 6.54 Å². The molecule has 0 aliphatic carbocycles. The van der Waals surface area contributed by atoms with Gasteiger partial charge in [-0.1, -0.05) is 16.8 Å². The van der Waals surface area contributed by atoms with Crippen LogP contribution >= 0.6 is 11.6 Å². The van der Waals surface area contributed by atoms with Gasteiger partial charge in [0.1, 0.15) is 11.5 Å². The van der Waals surface area contributed by atoms with Gasteiger partial charge in [-0.05, 0) is 25.1 Å². The van der Waals surface area contributed by atoms with Gasteiger partial charge in [-0.3, -0.25) is 0 Å². The van der Waals surface area contributed by atoms with Crippen LogP contribution in [-0.4, -0.2) is 12.2 Å². The Balaban J connectivity index is 2.17. The second-order valence-corrected chi connectivity index (χ2v) is 4.42. The molecule has 0 amide bonds. The molecule has 0 saturated carbocycles. The quantitative estimate of drug-likeness (QED) is 0.853. The Bertz CT molecular complexity index is 524. The molecule has 2 N–H and O–H groups in total. The summed E-state index contributed by atoms with van der Waals surface area (Å²) in [6, 6.07) is 7.35. The molecule has 0 atom stereocenters. The number of hydrogen-bond donors (Lipinski definition) is 1. The van der Waals surface area contributed by atoms with Crippen LogP contribution in [0.1, 0.15) is 11.5 Å². The lowest BCUT2D eigenvalue weighted by Crippen LogP contribution is -2.17. The highest BCUT2D eigenvalue weighted by atomic mass is 35.5. The number of halogens is 1. The number of benzene rings is 1. The van der Waals surface area contributed by atoms with Gasteiger partial charge in [0.15, 0.2) is 0 Å². The summed E-state index contributed by atoms with van der Waals surface area (Å²) in [5.41, 5.74) is 8.36. The molecule has 17 heavy (non-hydrogen) atoms. The highest BCUT2D eigenvalue weighted by Gasteiger charge is 2.09. The van der Waals surface area contributed by atoms with Gasteiger partial charge in [0.05, 0.1) is 17.9 Å². The van der Waals surface area contributed by atoms with Crippen LogP contribution < -0.4 is 10.6 Å². The van der Waals surface area contributed by atoms with Crippen LogP contribution in [0.15, 0.2) is 28.8 Å². The van der Waals surface area contributed by atoms with Crippen molar-refractivity contribution in [2.75, 3.05) is 17.7 Å². The smallest absolute Gasteiger partial charge is 0.133 e. The van der Waals surface area contributed by atoms with Gasteiger partial charge in [0.2, 0.25) is 0 Å². The third-order valence-electron chi connectivity index (χ3n) is 2.48. The predicted octanol–water partition coefficient (Wildman–Crippen LogP) is 2.86. The van der Waals surface area contributed by atoms with E-state index in [4.69, 9.17) is 21.9 Å². The largest absolute Gasteiger partial charge is 0.397 e. The van der Waals surface area contributed by atoms with Crippen molar-refractivity contribution in [2.24, 2.45) is 0 Å². The molecule has 0 bridgehead atoms. The Morgan fingerprint density at radius 1 is 1.41 bits per heavy atom. The molecule has 2 rings (SSSR count). The summed E-state index contributed by atoms with van der Waals surface area (Å²) in [6.07, 6.45) is 0. The highest BCUT2D eigenvalue weighted by Crippen LogP contribution is 2.26. The molecule has 0 unspecified atom stereocenters. The van der Waals surface area contributed by atoms with Gasteiger partial charge in [-0.25, -0.2) is 0 Å². The van der Waals surface area contributed by atoms with Crippen LogP contribution in [0.4, 0.5) is 11.4 Å². The fourth-order valence-electron chi connectivity index (χ4n) is 1.69. The minimum absolute atomic E-state index is 0.636. The number of anilines is 2. The maximum absolute atomic E-state index is 5.91. The predicted molar refractivity (Wildman–Crippen MR) is 69.2 cm³/mol. The minimum atomic E-state index is 0.636. The minimum Gasteiger partial charge on any atom is -0.397 e. The molecule has 1 aromatic heterocycles. The number of nitrogen functional groups attached to an aromatic ring is 1. The first-order chi connectivity index (χ1) is 8.06. The molecule has 0 aliphatic rings. The monoisotopic (exact) mass is 251 g/mol. The average molecular weight is 252 g/mol. The molecular formula is C12H14ClN3O. The molecule has 1 heterocycles. The van der Waals surface area contributed by atoms with E-state index in [-0.39, 0.29) is 0 Å². The SMILES string of the molecule is Cc1cc(CN(C)c2ccc(Cl)cc2N)no1. The second-order valence-electron chi connectivity index (χ2n) is 3.99. The normalized spacial score (nSPS) is 10.5. The average Bonchev–Trinajstić information content (AvgIpc) is 2.63. The summed E-state index contributed by atoms with van der Waals surface area (Å²) in [7, 11) is 1.95. The first-order valence-electron chi connectivity index (χ1n) is 5.24. The Morgan fingerprint density at radius 2 is 2.18 bits per heavy atom. The van der Waals surface area contributed by atoms with E-state index in [0.717, 1.165) is 17.1 Å². The first-order valence-corrected chi connectivity index (χ1v) is 5.62. The van der Waals surface area contributed by atoms with Gasteiger partial charge in [0.25, 0.3) is 0 Å². The van der Waals surface area contributed by atoms with E-state index in [1.807, 2.05) is 37.1 Å². The van der Waals surface area contributed by atoms with E-state index in [1.165, 1.54) is 0 Å². The maximum atomic E-state index is 5.91. The fraction of sp³-hybridized carbons (Fsp3) is 0.250. The van der Waals surface area contributed by atoms with Gasteiger partial charge < -0.3 is 15.2 Å². The third kappa shape index (κ3) is 2.71.